The van der Waals surface area contributed by atoms with Crippen LogP contribution in [0.5, 0.6) is 0 Å². The van der Waals surface area contributed by atoms with Crippen LogP contribution in [-0.2, 0) is 6.54 Å². The third-order valence-electron chi connectivity index (χ3n) is 4.96. The number of rotatable bonds is 4. The second-order valence-corrected chi connectivity index (χ2v) is 7.08. The Hall–Kier alpha value is -0.860. The number of piperazine rings is 1. The summed E-state index contributed by atoms with van der Waals surface area (Å²) < 4.78 is 0. The first kappa shape index (κ1) is 14.1. The number of nitrogens with zero attached hydrogens (tertiary/aromatic N) is 1. The van der Waals surface area contributed by atoms with Gasteiger partial charge in [0.15, 0.2) is 0 Å². The number of hydrogen-bond acceptors (Lipinski definition) is 2. The molecule has 1 aromatic rings. The standard InChI is InChI=1S/C18H28N2/c1-13(2)18-10-19-17(16-8-9-16)12-20(18)11-15-6-4-14(3)5-7-15/h4-7,13,16-19H,8-12H2,1-3H3. The molecule has 2 unspecified atom stereocenters. The highest BCUT2D eigenvalue weighted by molar-refractivity contribution is 5.21. The van der Waals surface area contributed by atoms with Gasteiger partial charge in [0, 0.05) is 31.7 Å². The number of aryl methyl sites for hydroxylation is 1. The van der Waals surface area contributed by atoms with Crippen LogP contribution in [0, 0.1) is 18.8 Å². The minimum absolute atomic E-state index is 0.673. The van der Waals surface area contributed by atoms with E-state index in [4.69, 9.17) is 0 Å². The summed E-state index contributed by atoms with van der Waals surface area (Å²) in [6, 6.07) is 10.5. The molecule has 1 saturated carbocycles. The maximum absolute atomic E-state index is 3.80. The molecule has 1 aromatic carbocycles. The fourth-order valence-electron chi connectivity index (χ4n) is 3.44. The lowest BCUT2D eigenvalue weighted by Gasteiger charge is -2.42. The molecule has 2 aliphatic rings. The van der Waals surface area contributed by atoms with Crippen LogP contribution in [0.25, 0.3) is 0 Å². The third-order valence-corrected chi connectivity index (χ3v) is 4.96. The Labute approximate surface area is 123 Å². The summed E-state index contributed by atoms with van der Waals surface area (Å²) in [6.45, 7) is 10.4. The molecule has 0 radical (unpaired) electrons. The quantitative estimate of drug-likeness (QED) is 0.905. The van der Waals surface area contributed by atoms with Crippen LogP contribution in [0.3, 0.4) is 0 Å². The summed E-state index contributed by atoms with van der Waals surface area (Å²) >= 11 is 0. The lowest BCUT2D eigenvalue weighted by molar-refractivity contribution is 0.0852. The van der Waals surface area contributed by atoms with Crippen molar-refractivity contribution in [1.29, 1.82) is 0 Å². The minimum atomic E-state index is 0.673. The number of hydrogen-bond donors (Lipinski definition) is 1. The Morgan fingerprint density at radius 2 is 1.90 bits per heavy atom. The smallest absolute Gasteiger partial charge is 0.0247 e. The highest BCUT2D eigenvalue weighted by Crippen LogP contribution is 2.35. The zero-order chi connectivity index (χ0) is 14.1. The second-order valence-electron chi connectivity index (χ2n) is 7.08. The molecule has 0 aromatic heterocycles. The van der Waals surface area contributed by atoms with Crippen LogP contribution in [-0.4, -0.2) is 30.1 Å². The van der Waals surface area contributed by atoms with E-state index in [0.717, 1.165) is 25.0 Å². The predicted octanol–water partition coefficient (Wildman–Crippen LogP) is 3.20. The first-order valence-corrected chi connectivity index (χ1v) is 8.16. The molecule has 1 aliphatic carbocycles. The first-order valence-electron chi connectivity index (χ1n) is 8.16. The fraction of sp³-hybridized carbons (Fsp3) is 0.667. The van der Waals surface area contributed by atoms with E-state index in [1.54, 1.807) is 0 Å². The zero-order valence-electron chi connectivity index (χ0n) is 13.1. The molecule has 2 heteroatoms. The van der Waals surface area contributed by atoms with E-state index in [0.29, 0.717) is 12.0 Å². The van der Waals surface area contributed by atoms with Gasteiger partial charge in [0.25, 0.3) is 0 Å². The Morgan fingerprint density at radius 1 is 1.20 bits per heavy atom. The van der Waals surface area contributed by atoms with Crippen LogP contribution >= 0.6 is 0 Å². The Bertz CT molecular complexity index is 433. The van der Waals surface area contributed by atoms with Crippen LogP contribution in [0.4, 0.5) is 0 Å². The van der Waals surface area contributed by atoms with Gasteiger partial charge in [-0.1, -0.05) is 43.7 Å². The van der Waals surface area contributed by atoms with E-state index in [9.17, 15) is 0 Å². The topological polar surface area (TPSA) is 15.3 Å². The van der Waals surface area contributed by atoms with Crippen LogP contribution in [0.15, 0.2) is 24.3 Å². The Morgan fingerprint density at radius 3 is 2.50 bits per heavy atom. The van der Waals surface area contributed by atoms with E-state index in [2.05, 4.69) is 55.3 Å². The van der Waals surface area contributed by atoms with Crippen molar-refractivity contribution in [2.75, 3.05) is 13.1 Å². The summed E-state index contributed by atoms with van der Waals surface area (Å²) in [5.74, 6) is 1.66. The molecule has 0 bridgehead atoms. The second kappa shape index (κ2) is 5.87. The van der Waals surface area contributed by atoms with Crippen molar-refractivity contribution in [2.24, 2.45) is 11.8 Å². The van der Waals surface area contributed by atoms with E-state index in [1.807, 2.05) is 0 Å². The van der Waals surface area contributed by atoms with Crippen molar-refractivity contribution in [3.63, 3.8) is 0 Å². The summed E-state index contributed by atoms with van der Waals surface area (Å²) in [5, 5.41) is 3.80. The monoisotopic (exact) mass is 272 g/mol. The molecule has 110 valence electrons. The Kier molecular flexibility index (Phi) is 4.13. The molecule has 1 heterocycles. The summed E-state index contributed by atoms with van der Waals surface area (Å²) in [6.07, 6.45) is 2.87. The van der Waals surface area contributed by atoms with Crippen molar-refractivity contribution in [3.8, 4) is 0 Å². The van der Waals surface area contributed by atoms with Crippen molar-refractivity contribution >= 4 is 0 Å². The summed E-state index contributed by atoms with van der Waals surface area (Å²) in [5.41, 5.74) is 2.81. The zero-order valence-corrected chi connectivity index (χ0v) is 13.1. The van der Waals surface area contributed by atoms with E-state index in [1.165, 1.54) is 30.5 Å². The molecule has 1 N–H and O–H groups in total. The average molecular weight is 272 g/mol. The molecule has 3 rings (SSSR count). The van der Waals surface area contributed by atoms with E-state index < -0.39 is 0 Å². The maximum atomic E-state index is 3.80. The van der Waals surface area contributed by atoms with Gasteiger partial charge in [-0.2, -0.15) is 0 Å². The van der Waals surface area contributed by atoms with E-state index >= 15 is 0 Å². The van der Waals surface area contributed by atoms with Crippen molar-refractivity contribution in [2.45, 2.75) is 52.2 Å². The molecule has 2 nitrogen and oxygen atoms in total. The molecule has 1 saturated heterocycles. The normalized spacial score (nSPS) is 28.0. The maximum Gasteiger partial charge on any atom is 0.0247 e. The minimum Gasteiger partial charge on any atom is -0.311 e. The molecule has 1 aliphatic heterocycles. The molecule has 2 fully saturated rings. The first-order chi connectivity index (χ1) is 9.63. The molecular weight excluding hydrogens is 244 g/mol. The van der Waals surface area contributed by atoms with Crippen LogP contribution in [0.2, 0.25) is 0 Å². The molecule has 0 amide bonds. The lowest BCUT2D eigenvalue weighted by atomic mass is 9.96. The van der Waals surface area contributed by atoms with Gasteiger partial charge < -0.3 is 5.32 Å². The Balaban J connectivity index is 1.69. The van der Waals surface area contributed by atoms with E-state index in [-0.39, 0.29) is 0 Å². The molecule has 20 heavy (non-hydrogen) atoms. The van der Waals surface area contributed by atoms with Crippen LogP contribution < -0.4 is 5.32 Å². The van der Waals surface area contributed by atoms with Gasteiger partial charge in [-0.25, -0.2) is 0 Å². The van der Waals surface area contributed by atoms with Gasteiger partial charge in [0.1, 0.15) is 0 Å². The summed E-state index contributed by atoms with van der Waals surface area (Å²) in [7, 11) is 0. The highest BCUT2D eigenvalue weighted by Gasteiger charge is 2.37. The SMILES string of the molecule is Cc1ccc(CN2CC(C3CC3)NCC2C(C)C)cc1. The average Bonchev–Trinajstić information content (AvgIpc) is 3.25. The van der Waals surface area contributed by atoms with Crippen molar-refractivity contribution in [1.82, 2.24) is 10.2 Å². The molecule has 2 atom stereocenters. The van der Waals surface area contributed by atoms with Gasteiger partial charge in [-0.3, -0.25) is 4.90 Å². The van der Waals surface area contributed by atoms with Crippen molar-refractivity contribution in [3.05, 3.63) is 35.4 Å². The largest absolute Gasteiger partial charge is 0.311 e. The van der Waals surface area contributed by atoms with Gasteiger partial charge in [-0.05, 0) is 37.2 Å². The summed E-state index contributed by atoms with van der Waals surface area (Å²) in [4.78, 5) is 2.72. The van der Waals surface area contributed by atoms with Gasteiger partial charge in [-0.15, -0.1) is 0 Å². The highest BCUT2D eigenvalue weighted by atomic mass is 15.2. The van der Waals surface area contributed by atoms with Gasteiger partial charge >= 0.3 is 0 Å². The molecule has 0 spiro atoms. The van der Waals surface area contributed by atoms with Crippen molar-refractivity contribution < 1.29 is 0 Å². The van der Waals surface area contributed by atoms with Gasteiger partial charge in [0.2, 0.25) is 0 Å². The van der Waals surface area contributed by atoms with Crippen LogP contribution in [0.1, 0.15) is 37.8 Å². The third kappa shape index (κ3) is 3.24. The number of nitrogens with one attached hydrogen (secondary N) is 1. The van der Waals surface area contributed by atoms with Gasteiger partial charge in [0.05, 0.1) is 0 Å². The predicted molar refractivity (Wildman–Crippen MR) is 84.7 cm³/mol. The fourth-order valence-corrected chi connectivity index (χ4v) is 3.44. The molecular formula is C18H28N2. The lowest BCUT2D eigenvalue weighted by Crippen LogP contribution is -2.58. The number of benzene rings is 1.